The van der Waals surface area contributed by atoms with Crippen molar-refractivity contribution < 1.29 is 4.21 Å². The van der Waals surface area contributed by atoms with Gasteiger partial charge in [0.15, 0.2) is 0 Å². The molecule has 2 unspecified atom stereocenters. The van der Waals surface area contributed by atoms with E-state index in [4.69, 9.17) is 0 Å². The van der Waals surface area contributed by atoms with Crippen LogP contribution in [0.4, 0.5) is 0 Å². The zero-order chi connectivity index (χ0) is 14.1. The third-order valence-electron chi connectivity index (χ3n) is 3.40. The predicted octanol–water partition coefficient (Wildman–Crippen LogP) is 3.66. The van der Waals surface area contributed by atoms with Crippen LogP contribution in [0.1, 0.15) is 45.1 Å². The molecule has 0 fully saturated rings. The van der Waals surface area contributed by atoms with Crippen LogP contribution in [0, 0.1) is 6.92 Å². The molecule has 0 radical (unpaired) electrons. The predicted molar refractivity (Wildman–Crippen MR) is 84.1 cm³/mol. The molecule has 1 N–H and O–H groups in total. The summed E-state index contributed by atoms with van der Waals surface area (Å²) in [5.41, 5.74) is 1.14. The lowest BCUT2D eigenvalue weighted by molar-refractivity contribution is 0.464. The van der Waals surface area contributed by atoms with E-state index in [1.54, 1.807) is 0 Å². The fraction of sp³-hybridized carbons (Fsp3) is 0.625. The molecule has 2 nitrogen and oxygen atoms in total. The molecule has 0 spiro atoms. The van der Waals surface area contributed by atoms with Gasteiger partial charge in [-0.2, -0.15) is 0 Å². The van der Waals surface area contributed by atoms with E-state index in [1.807, 2.05) is 31.2 Å². The highest BCUT2D eigenvalue weighted by atomic mass is 32.2. The SMILES string of the molecule is CCCNC(CC)CCCS(=O)c1ccccc1C. The number of aryl methyl sites for hydroxylation is 1. The average molecular weight is 281 g/mol. The average Bonchev–Trinajstić information content (AvgIpc) is 2.42. The molecule has 3 heteroatoms. The van der Waals surface area contributed by atoms with Gasteiger partial charge < -0.3 is 5.32 Å². The fourth-order valence-electron chi connectivity index (χ4n) is 2.18. The van der Waals surface area contributed by atoms with Crippen LogP contribution in [0.15, 0.2) is 29.2 Å². The third kappa shape index (κ3) is 5.87. The molecule has 0 amide bonds. The van der Waals surface area contributed by atoms with Crippen LogP contribution in [0.5, 0.6) is 0 Å². The van der Waals surface area contributed by atoms with Crippen molar-refractivity contribution in [3.63, 3.8) is 0 Å². The molecule has 19 heavy (non-hydrogen) atoms. The fourth-order valence-corrected chi connectivity index (χ4v) is 3.49. The van der Waals surface area contributed by atoms with Crippen LogP contribution in [0.25, 0.3) is 0 Å². The molecule has 0 heterocycles. The smallest absolute Gasteiger partial charge is 0.0532 e. The molecule has 0 aliphatic carbocycles. The van der Waals surface area contributed by atoms with E-state index >= 15 is 0 Å². The molecular formula is C16H27NOS. The number of nitrogens with one attached hydrogen (secondary N) is 1. The standard InChI is InChI=1S/C16H27NOS/c1-4-12-17-15(5-2)10-8-13-19(18)16-11-7-6-9-14(16)3/h6-7,9,11,15,17H,4-5,8,10,12-13H2,1-3H3. The Morgan fingerprint density at radius 3 is 2.63 bits per heavy atom. The molecule has 0 bridgehead atoms. The maximum atomic E-state index is 12.2. The van der Waals surface area contributed by atoms with Crippen LogP contribution in [0.2, 0.25) is 0 Å². The minimum absolute atomic E-state index is 0.578. The van der Waals surface area contributed by atoms with E-state index in [1.165, 1.54) is 6.42 Å². The molecular weight excluding hydrogens is 254 g/mol. The second kappa shape index (κ2) is 9.27. The normalized spacial score (nSPS) is 14.3. The topological polar surface area (TPSA) is 29.1 Å². The molecule has 0 saturated heterocycles. The molecule has 108 valence electrons. The van der Waals surface area contributed by atoms with Gasteiger partial charge >= 0.3 is 0 Å². The second-order valence-corrected chi connectivity index (χ2v) is 6.56. The first-order valence-electron chi connectivity index (χ1n) is 7.36. The van der Waals surface area contributed by atoms with Crippen molar-refractivity contribution in [2.75, 3.05) is 12.3 Å². The molecule has 1 aromatic rings. The largest absolute Gasteiger partial charge is 0.314 e. The molecule has 0 saturated carbocycles. The summed E-state index contributed by atoms with van der Waals surface area (Å²) in [6.07, 6.45) is 4.47. The molecule has 0 aromatic heterocycles. The van der Waals surface area contributed by atoms with Gasteiger partial charge in [0.25, 0.3) is 0 Å². The highest BCUT2D eigenvalue weighted by molar-refractivity contribution is 7.85. The van der Waals surface area contributed by atoms with Gasteiger partial charge in [0.05, 0.1) is 10.8 Å². The van der Waals surface area contributed by atoms with Crippen molar-refractivity contribution in [1.29, 1.82) is 0 Å². The van der Waals surface area contributed by atoms with E-state index in [0.29, 0.717) is 6.04 Å². The first kappa shape index (κ1) is 16.4. The van der Waals surface area contributed by atoms with Crippen LogP contribution in [-0.2, 0) is 10.8 Å². The zero-order valence-electron chi connectivity index (χ0n) is 12.4. The number of benzene rings is 1. The lowest BCUT2D eigenvalue weighted by Gasteiger charge is -2.16. The van der Waals surface area contributed by atoms with Crippen molar-refractivity contribution in [3.8, 4) is 0 Å². The number of hydrogen-bond acceptors (Lipinski definition) is 2. The Kier molecular flexibility index (Phi) is 7.99. The minimum atomic E-state index is -0.847. The second-order valence-electron chi connectivity index (χ2n) is 5.02. The van der Waals surface area contributed by atoms with Gasteiger partial charge in [-0.1, -0.05) is 32.0 Å². The van der Waals surface area contributed by atoms with Crippen molar-refractivity contribution in [2.24, 2.45) is 0 Å². The molecule has 0 aliphatic rings. The molecule has 2 atom stereocenters. The van der Waals surface area contributed by atoms with Gasteiger partial charge in [0.2, 0.25) is 0 Å². The Morgan fingerprint density at radius 1 is 1.26 bits per heavy atom. The summed E-state index contributed by atoms with van der Waals surface area (Å²) >= 11 is 0. The van der Waals surface area contributed by atoms with Gasteiger partial charge in [-0.3, -0.25) is 4.21 Å². The summed E-state index contributed by atoms with van der Waals surface area (Å²) < 4.78 is 12.2. The van der Waals surface area contributed by atoms with E-state index in [2.05, 4.69) is 19.2 Å². The highest BCUT2D eigenvalue weighted by Crippen LogP contribution is 2.14. The Morgan fingerprint density at radius 2 is 2.00 bits per heavy atom. The Bertz CT molecular complexity index is 392. The third-order valence-corrected chi connectivity index (χ3v) is 5.01. The van der Waals surface area contributed by atoms with Crippen LogP contribution < -0.4 is 5.32 Å². The van der Waals surface area contributed by atoms with E-state index in [0.717, 1.165) is 42.0 Å². The van der Waals surface area contributed by atoms with Gasteiger partial charge in [0, 0.05) is 16.7 Å². The summed E-state index contributed by atoms with van der Waals surface area (Å²) in [5, 5.41) is 3.55. The summed E-state index contributed by atoms with van der Waals surface area (Å²) in [5.74, 6) is 0.773. The Labute approximate surface area is 120 Å². The lowest BCUT2D eigenvalue weighted by atomic mass is 10.1. The van der Waals surface area contributed by atoms with Crippen molar-refractivity contribution in [2.45, 2.75) is 57.4 Å². The highest BCUT2D eigenvalue weighted by Gasteiger charge is 2.09. The summed E-state index contributed by atoms with van der Waals surface area (Å²) in [6, 6.07) is 8.56. The summed E-state index contributed by atoms with van der Waals surface area (Å²) in [7, 11) is -0.847. The van der Waals surface area contributed by atoms with Gasteiger partial charge in [-0.25, -0.2) is 0 Å². The van der Waals surface area contributed by atoms with E-state index in [9.17, 15) is 4.21 Å². The minimum Gasteiger partial charge on any atom is -0.314 e. The zero-order valence-corrected chi connectivity index (χ0v) is 13.3. The number of hydrogen-bond donors (Lipinski definition) is 1. The van der Waals surface area contributed by atoms with Crippen molar-refractivity contribution >= 4 is 10.8 Å². The molecule has 1 aromatic carbocycles. The van der Waals surface area contributed by atoms with E-state index in [-0.39, 0.29) is 0 Å². The summed E-state index contributed by atoms with van der Waals surface area (Å²) in [4.78, 5) is 0.997. The molecule has 0 aliphatic heterocycles. The maximum Gasteiger partial charge on any atom is 0.0532 e. The van der Waals surface area contributed by atoms with Crippen LogP contribution in [-0.4, -0.2) is 22.5 Å². The summed E-state index contributed by atoms with van der Waals surface area (Å²) in [6.45, 7) is 7.52. The van der Waals surface area contributed by atoms with Crippen LogP contribution >= 0.6 is 0 Å². The van der Waals surface area contributed by atoms with Gasteiger partial charge in [0.1, 0.15) is 0 Å². The monoisotopic (exact) mass is 281 g/mol. The van der Waals surface area contributed by atoms with Gasteiger partial charge in [-0.15, -0.1) is 0 Å². The van der Waals surface area contributed by atoms with Crippen molar-refractivity contribution in [1.82, 2.24) is 5.32 Å². The van der Waals surface area contributed by atoms with Crippen molar-refractivity contribution in [3.05, 3.63) is 29.8 Å². The first-order chi connectivity index (χ1) is 9.19. The maximum absolute atomic E-state index is 12.2. The van der Waals surface area contributed by atoms with Gasteiger partial charge in [-0.05, 0) is 50.8 Å². The quantitative estimate of drug-likeness (QED) is 0.748. The first-order valence-corrected chi connectivity index (χ1v) is 8.68. The lowest BCUT2D eigenvalue weighted by Crippen LogP contribution is -2.29. The van der Waals surface area contributed by atoms with Crippen LogP contribution in [0.3, 0.4) is 0 Å². The number of rotatable bonds is 9. The molecule has 1 rings (SSSR count). The Hall–Kier alpha value is -0.670. The Balaban J connectivity index is 2.36. The van der Waals surface area contributed by atoms with E-state index < -0.39 is 10.8 Å².